The maximum atomic E-state index is 6.65. The highest BCUT2D eigenvalue weighted by Gasteiger charge is 2.15. The number of rotatable bonds is 1. The summed E-state index contributed by atoms with van der Waals surface area (Å²) in [5, 5.41) is 1.82. The molecule has 0 amide bonds. The molecule has 3 heteroatoms. The Morgan fingerprint density at radius 2 is 1.67 bits per heavy atom. The van der Waals surface area contributed by atoms with Crippen molar-refractivity contribution in [1.29, 1.82) is 0 Å². The normalized spacial score (nSPS) is 11.1. The van der Waals surface area contributed by atoms with Crippen LogP contribution in [0, 0.1) is 20.8 Å². The molecule has 106 valence electrons. The Hall–Kier alpha value is -1.38. The van der Waals surface area contributed by atoms with E-state index in [9.17, 15) is 0 Å². The molecular weight excluding hydrogens is 346 g/mol. The van der Waals surface area contributed by atoms with Crippen LogP contribution >= 0.6 is 27.5 Å². The van der Waals surface area contributed by atoms with Crippen LogP contribution in [-0.4, -0.2) is 4.98 Å². The Morgan fingerprint density at radius 3 is 2.33 bits per heavy atom. The molecule has 0 saturated heterocycles. The van der Waals surface area contributed by atoms with Crippen LogP contribution in [0.15, 0.2) is 40.9 Å². The fourth-order valence-electron chi connectivity index (χ4n) is 2.68. The quantitative estimate of drug-likeness (QED) is 0.500. The molecule has 0 bridgehead atoms. The Labute approximate surface area is 138 Å². The van der Waals surface area contributed by atoms with E-state index in [0.29, 0.717) is 0 Å². The minimum atomic E-state index is 0.789. The molecule has 21 heavy (non-hydrogen) atoms. The van der Waals surface area contributed by atoms with Crippen LogP contribution in [0.5, 0.6) is 0 Å². The summed E-state index contributed by atoms with van der Waals surface area (Å²) in [5.41, 5.74) is 6.33. The van der Waals surface area contributed by atoms with Crippen molar-refractivity contribution in [2.45, 2.75) is 20.8 Å². The Morgan fingerprint density at radius 1 is 1.00 bits per heavy atom. The maximum absolute atomic E-state index is 6.65. The summed E-state index contributed by atoms with van der Waals surface area (Å²) in [7, 11) is 0. The zero-order chi connectivity index (χ0) is 15.1. The number of benzene rings is 2. The summed E-state index contributed by atoms with van der Waals surface area (Å²) in [6, 6.07) is 12.3. The highest BCUT2D eigenvalue weighted by Crippen LogP contribution is 2.37. The lowest BCUT2D eigenvalue weighted by atomic mass is 10.0. The van der Waals surface area contributed by atoms with Crippen molar-refractivity contribution in [3.05, 3.63) is 62.6 Å². The molecule has 0 N–H and O–H groups in total. The van der Waals surface area contributed by atoms with Gasteiger partial charge in [-0.2, -0.15) is 0 Å². The first kappa shape index (κ1) is 14.6. The van der Waals surface area contributed by atoms with Crippen LogP contribution in [0.4, 0.5) is 0 Å². The van der Waals surface area contributed by atoms with Gasteiger partial charge in [0.05, 0.1) is 16.2 Å². The number of hydrogen-bond donors (Lipinski definition) is 0. The van der Waals surface area contributed by atoms with E-state index >= 15 is 0 Å². The number of nitrogens with zero attached hydrogens (tertiary/aromatic N) is 1. The highest BCUT2D eigenvalue weighted by atomic mass is 79.9. The molecular formula is C18H15BrClN. The molecule has 2 aromatic carbocycles. The topological polar surface area (TPSA) is 12.9 Å². The second-order valence-electron chi connectivity index (χ2n) is 5.29. The van der Waals surface area contributed by atoms with Crippen LogP contribution in [-0.2, 0) is 0 Å². The number of fused-ring (bicyclic) bond motifs is 1. The van der Waals surface area contributed by atoms with Crippen molar-refractivity contribution < 1.29 is 0 Å². The van der Waals surface area contributed by atoms with Gasteiger partial charge in [0, 0.05) is 15.4 Å². The highest BCUT2D eigenvalue weighted by molar-refractivity contribution is 9.10. The van der Waals surface area contributed by atoms with Gasteiger partial charge in [-0.15, -0.1) is 0 Å². The van der Waals surface area contributed by atoms with Gasteiger partial charge in [-0.3, -0.25) is 0 Å². The molecule has 0 unspecified atom stereocenters. The lowest BCUT2D eigenvalue weighted by molar-refractivity contribution is 1.29. The smallest absolute Gasteiger partial charge is 0.0753 e. The van der Waals surface area contributed by atoms with Crippen molar-refractivity contribution in [3.8, 4) is 11.3 Å². The molecule has 0 radical (unpaired) electrons. The Bertz CT molecular complexity index is 841. The summed E-state index contributed by atoms with van der Waals surface area (Å²) in [5.74, 6) is 0. The molecule has 0 aliphatic carbocycles. The number of pyridine rings is 1. The minimum Gasteiger partial charge on any atom is -0.247 e. The van der Waals surface area contributed by atoms with Gasteiger partial charge < -0.3 is 0 Å². The summed E-state index contributed by atoms with van der Waals surface area (Å²) in [6.45, 7) is 6.19. The first-order valence-electron chi connectivity index (χ1n) is 6.81. The molecule has 3 rings (SSSR count). The van der Waals surface area contributed by atoms with E-state index in [2.05, 4.69) is 48.0 Å². The largest absolute Gasteiger partial charge is 0.247 e. The van der Waals surface area contributed by atoms with Crippen molar-refractivity contribution in [2.24, 2.45) is 0 Å². The molecule has 1 aromatic heterocycles. The lowest BCUT2D eigenvalue weighted by Gasteiger charge is -2.14. The van der Waals surface area contributed by atoms with Gasteiger partial charge in [0.25, 0.3) is 0 Å². The minimum absolute atomic E-state index is 0.789. The molecule has 0 aliphatic heterocycles. The standard InChI is InChI=1S/C18H15BrClN/c1-10-9-14-15(11(2)16(10)19)17(20)12(3)18(21-14)13-7-5-4-6-8-13/h4-9H,1-3H3. The lowest BCUT2D eigenvalue weighted by Crippen LogP contribution is -1.95. The molecule has 0 aliphatic rings. The third kappa shape index (κ3) is 2.37. The van der Waals surface area contributed by atoms with E-state index < -0.39 is 0 Å². The summed E-state index contributed by atoms with van der Waals surface area (Å²) >= 11 is 10.3. The molecule has 0 atom stereocenters. The predicted molar refractivity (Wildman–Crippen MR) is 94.1 cm³/mol. The summed E-state index contributed by atoms with van der Waals surface area (Å²) in [6.07, 6.45) is 0. The maximum Gasteiger partial charge on any atom is 0.0753 e. The summed E-state index contributed by atoms with van der Waals surface area (Å²) < 4.78 is 1.10. The van der Waals surface area contributed by atoms with E-state index in [0.717, 1.165) is 42.8 Å². The Kier molecular flexibility index (Phi) is 3.76. The first-order valence-corrected chi connectivity index (χ1v) is 7.98. The zero-order valence-electron chi connectivity index (χ0n) is 12.2. The Balaban J connectivity index is 2.41. The third-order valence-corrected chi connectivity index (χ3v) is 5.54. The van der Waals surface area contributed by atoms with Gasteiger partial charge in [0.2, 0.25) is 0 Å². The van der Waals surface area contributed by atoms with Crippen molar-refractivity contribution >= 4 is 38.4 Å². The van der Waals surface area contributed by atoms with Gasteiger partial charge in [0.1, 0.15) is 0 Å². The van der Waals surface area contributed by atoms with Crippen LogP contribution in [0.25, 0.3) is 22.2 Å². The van der Waals surface area contributed by atoms with Crippen LogP contribution in [0.2, 0.25) is 5.02 Å². The first-order chi connectivity index (χ1) is 10.0. The van der Waals surface area contributed by atoms with E-state index in [4.69, 9.17) is 16.6 Å². The van der Waals surface area contributed by atoms with Gasteiger partial charge in [-0.1, -0.05) is 57.9 Å². The molecule has 0 spiro atoms. The SMILES string of the molecule is Cc1cc2nc(-c3ccccc3)c(C)c(Cl)c2c(C)c1Br. The van der Waals surface area contributed by atoms with Crippen LogP contribution in [0.1, 0.15) is 16.7 Å². The average Bonchev–Trinajstić information content (AvgIpc) is 2.49. The number of aryl methyl sites for hydroxylation is 2. The number of halogens is 2. The molecule has 0 fully saturated rings. The van der Waals surface area contributed by atoms with Crippen molar-refractivity contribution in [3.63, 3.8) is 0 Å². The summed E-state index contributed by atoms with van der Waals surface area (Å²) in [4.78, 5) is 4.86. The van der Waals surface area contributed by atoms with Gasteiger partial charge in [-0.05, 0) is 43.5 Å². The third-order valence-electron chi connectivity index (χ3n) is 3.84. The van der Waals surface area contributed by atoms with E-state index in [1.54, 1.807) is 0 Å². The zero-order valence-corrected chi connectivity index (χ0v) is 14.5. The van der Waals surface area contributed by atoms with Gasteiger partial charge >= 0.3 is 0 Å². The second kappa shape index (κ2) is 5.43. The molecule has 0 saturated carbocycles. The number of hydrogen-bond acceptors (Lipinski definition) is 1. The monoisotopic (exact) mass is 359 g/mol. The van der Waals surface area contributed by atoms with Crippen LogP contribution < -0.4 is 0 Å². The van der Waals surface area contributed by atoms with Crippen LogP contribution in [0.3, 0.4) is 0 Å². The van der Waals surface area contributed by atoms with E-state index in [1.807, 2.05) is 25.1 Å². The molecule has 3 aromatic rings. The predicted octanol–water partition coefficient (Wildman–Crippen LogP) is 6.24. The number of aromatic nitrogens is 1. The van der Waals surface area contributed by atoms with E-state index in [1.165, 1.54) is 5.56 Å². The van der Waals surface area contributed by atoms with E-state index in [-0.39, 0.29) is 0 Å². The van der Waals surface area contributed by atoms with Crippen molar-refractivity contribution in [1.82, 2.24) is 4.98 Å². The van der Waals surface area contributed by atoms with Crippen molar-refractivity contribution in [2.75, 3.05) is 0 Å². The van der Waals surface area contributed by atoms with Gasteiger partial charge in [-0.25, -0.2) is 4.98 Å². The fraction of sp³-hybridized carbons (Fsp3) is 0.167. The fourth-order valence-corrected chi connectivity index (χ4v) is 3.32. The average molecular weight is 361 g/mol. The molecule has 1 nitrogen and oxygen atoms in total. The van der Waals surface area contributed by atoms with Gasteiger partial charge in [0.15, 0.2) is 0 Å². The molecule has 1 heterocycles. The second-order valence-corrected chi connectivity index (χ2v) is 6.46.